The molecule has 1 amide bonds. The van der Waals surface area contributed by atoms with Crippen LogP contribution in [0.3, 0.4) is 0 Å². The van der Waals surface area contributed by atoms with E-state index >= 15 is 0 Å². The molecule has 0 bridgehead atoms. The molecule has 4 N–H and O–H groups in total. The van der Waals surface area contributed by atoms with Crippen molar-refractivity contribution in [3.8, 4) is 5.75 Å². The number of nitrogens with one attached hydrogen (secondary N) is 2. The van der Waals surface area contributed by atoms with Crippen molar-refractivity contribution in [1.29, 1.82) is 0 Å². The SMILES string of the molecule is CCNC(=O)c1[nH]c(C[NH2+]c2ccc(OC)cc2)c(C(=O)OCC)c1CC.O=C([O-])C(F)(F)F. The molecule has 0 fully saturated rings. The Labute approximate surface area is 194 Å². The molecule has 0 aliphatic carbocycles. The zero-order valence-corrected chi connectivity index (χ0v) is 19.3. The van der Waals surface area contributed by atoms with Crippen molar-refractivity contribution in [2.24, 2.45) is 0 Å². The van der Waals surface area contributed by atoms with Crippen LogP contribution in [0.4, 0.5) is 18.9 Å². The number of ether oxygens (including phenoxy) is 2. The normalized spacial score (nSPS) is 10.7. The number of hydrogen-bond donors (Lipinski definition) is 3. The lowest BCUT2D eigenvalue weighted by Crippen LogP contribution is -2.76. The largest absolute Gasteiger partial charge is 0.542 e. The highest BCUT2D eigenvalue weighted by Gasteiger charge is 2.29. The zero-order chi connectivity index (χ0) is 25.9. The second kappa shape index (κ2) is 13.2. The minimum Gasteiger partial charge on any atom is -0.542 e. The van der Waals surface area contributed by atoms with Crippen LogP contribution in [0.2, 0.25) is 0 Å². The predicted molar refractivity (Wildman–Crippen MR) is 113 cm³/mol. The van der Waals surface area contributed by atoms with E-state index in [-0.39, 0.29) is 12.5 Å². The van der Waals surface area contributed by atoms with Crippen molar-refractivity contribution >= 4 is 23.5 Å². The van der Waals surface area contributed by atoms with Gasteiger partial charge in [-0.2, -0.15) is 13.2 Å². The van der Waals surface area contributed by atoms with E-state index in [1.54, 1.807) is 14.0 Å². The average Bonchev–Trinajstić information content (AvgIpc) is 3.17. The van der Waals surface area contributed by atoms with Gasteiger partial charge in [0, 0.05) is 18.7 Å². The third kappa shape index (κ3) is 8.10. The first-order valence-corrected chi connectivity index (χ1v) is 10.4. The summed E-state index contributed by atoms with van der Waals surface area (Å²) in [5.41, 5.74) is 3.27. The Balaban J connectivity index is 0.000000718. The standard InChI is InChI=1S/C20H27N3O4.C2HF3O2/c1-5-15-17(20(25)27-7-3)16(23-18(15)19(24)21-6-2)12-22-13-8-10-14(26-4)11-9-13;3-2(4,5)1(6)7/h8-11,22-23H,5-7,12H2,1-4H3,(H,21,24);(H,6,7). The maximum atomic E-state index is 12.5. The van der Waals surface area contributed by atoms with E-state index in [4.69, 9.17) is 19.4 Å². The summed E-state index contributed by atoms with van der Waals surface area (Å²) in [6.45, 7) is 6.83. The van der Waals surface area contributed by atoms with Crippen molar-refractivity contribution < 1.29 is 47.5 Å². The number of hydrogen-bond acceptors (Lipinski definition) is 6. The van der Waals surface area contributed by atoms with Crippen LogP contribution in [0, 0.1) is 0 Å². The van der Waals surface area contributed by atoms with Crippen molar-refractivity contribution in [2.45, 2.75) is 39.9 Å². The Morgan fingerprint density at radius 3 is 2.15 bits per heavy atom. The molecule has 2 rings (SSSR count). The van der Waals surface area contributed by atoms with E-state index < -0.39 is 18.1 Å². The van der Waals surface area contributed by atoms with Gasteiger partial charge >= 0.3 is 12.1 Å². The molecule has 0 radical (unpaired) electrons. The summed E-state index contributed by atoms with van der Waals surface area (Å²) in [5.74, 6) is -2.84. The van der Waals surface area contributed by atoms with Crippen LogP contribution >= 0.6 is 0 Å². The molecule has 0 unspecified atom stereocenters. The Morgan fingerprint density at radius 2 is 1.71 bits per heavy atom. The fraction of sp³-hybridized carbons (Fsp3) is 0.409. The van der Waals surface area contributed by atoms with Gasteiger partial charge in [0.15, 0.2) is 0 Å². The fourth-order valence-electron chi connectivity index (χ4n) is 2.95. The van der Waals surface area contributed by atoms with Gasteiger partial charge in [0.2, 0.25) is 0 Å². The van der Waals surface area contributed by atoms with Gasteiger partial charge in [-0.25, -0.2) is 4.79 Å². The molecular formula is C22H28F3N3O6. The third-order valence-electron chi connectivity index (χ3n) is 4.47. The number of aliphatic carboxylic acids is 1. The lowest BCUT2D eigenvalue weighted by atomic mass is 10.1. The summed E-state index contributed by atoms with van der Waals surface area (Å²) < 4.78 is 41.9. The van der Waals surface area contributed by atoms with Crippen LogP contribution < -0.4 is 20.5 Å². The van der Waals surface area contributed by atoms with Crippen molar-refractivity contribution in [3.05, 3.63) is 46.8 Å². The third-order valence-corrected chi connectivity index (χ3v) is 4.47. The molecular weight excluding hydrogens is 459 g/mol. The number of carboxylic acid groups (broad SMARTS) is 1. The number of benzene rings is 1. The average molecular weight is 487 g/mol. The molecule has 0 saturated heterocycles. The van der Waals surface area contributed by atoms with Crippen molar-refractivity contribution in [2.75, 3.05) is 20.3 Å². The summed E-state index contributed by atoms with van der Waals surface area (Å²) in [5, 5.41) is 13.6. The molecule has 1 heterocycles. The summed E-state index contributed by atoms with van der Waals surface area (Å²) in [4.78, 5) is 36.9. The molecule has 188 valence electrons. The molecule has 12 heteroatoms. The maximum Gasteiger partial charge on any atom is 0.430 e. The van der Waals surface area contributed by atoms with Crippen LogP contribution in [-0.2, 0) is 22.5 Å². The summed E-state index contributed by atoms with van der Waals surface area (Å²) in [7, 11) is 1.62. The Bertz CT molecular complexity index is 972. The summed E-state index contributed by atoms with van der Waals surface area (Å²) in [6, 6.07) is 7.64. The van der Waals surface area contributed by atoms with Crippen LogP contribution in [-0.4, -0.2) is 49.3 Å². The second-order valence-electron chi connectivity index (χ2n) is 6.73. The van der Waals surface area contributed by atoms with E-state index in [1.165, 1.54) is 0 Å². The van der Waals surface area contributed by atoms with E-state index in [0.717, 1.165) is 11.4 Å². The Hall–Kier alpha value is -3.54. The number of alkyl halides is 3. The minimum atomic E-state index is -5.19. The first kappa shape index (κ1) is 28.5. The molecule has 1 aromatic heterocycles. The second-order valence-corrected chi connectivity index (χ2v) is 6.73. The number of H-pyrrole nitrogens is 1. The highest BCUT2D eigenvalue weighted by atomic mass is 19.4. The fourth-order valence-corrected chi connectivity index (χ4v) is 2.95. The van der Waals surface area contributed by atoms with Crippen LogP contribution in [0.15, 0.2) is 24.3 Å². The van der Waals surface area contributed by atoms with Gasteiger partial charge in [-0.15, -0.1) is 0 Å². The van der Waals surface area contributed by atoms with Gasteiger partial charge < -0.3 is 35.0 Å². The number of esters is 1. The zero-order valence-electron chi connectivity index (χ0n) is 19.3. The van der Waals surface area contributed by atoms with Gasteiger partial charge in [-0.1, -0.05) is 6.92 Å². The number of carboxylic acids is 1. The topological polar surface area (TPSA) is 137 Å². The highest BCUT2D eigenvalue weighted by molar-refractivity contribution is 6.00. The monoisotopic (exact) mass is 487 g/mol. The molecule has 34 heavy (non-hydrogen) atoms. The van der Waals surface area contributed by atoms with Gasteiger partial charge in [0.05, 0.1) is 25.0 Å². The lowest BCUT2D eigenvalue weighted by molar-refractivity contribution is -0.589. The number of aromatic nitrogens is 1. The predicted octanol–water partition coefficient (Wildman–Crippen LogP) is 1.21. The van der Waals surface area contributed by atoms with E-state index in [0.29, 0.717) is 42.0 Å². The molecule has 9 nitrogen and oxygen atoms in total. The number of rotatable bonds is 9. The Morgan fingerprint density at radius 1 is 1.12 bits per heavy atom. The van der Waals surface area contributed by atoms with Crippen LogP contribution in [0.5, 0.6) is 5.75 Å². The lowest BCUT2D eigenvalue weighted by Gasteiger charge is -2.06. The molecule has 1 aromatic carbocycles. The van der Waals surface area contributed by atoms with Crippen LogP contribution in [0.1, 0.15) is 52.9 Å². The van der Waals surface area contributed by atoms with Gasteiger partial charge in [0.25, 0.3) is 5.91 Å². The number of carbonyl (C=O) groups excluding carboxylic acids is 3. The molecule has 0 atom stereocenters. The van der Waals surface area contributed by atoms with E-state index in [9.17, 15) is 22.8 Å². The minimum absolute atomic E-state index is 0.212. The quantitative estimate of drug-likeness (QED) is 0.359. The van der Waals surface area contributed by atoms with E-state index in [1.807, 2.05) is 43.4 Å². The molecule has 0 aliphatic rings. The number of amides is 1. The van der Waals surface area contributed by atoms with Crippen LogP contribution in [0.25, 0.3) is 0 Å². The number of aromatic amines is 1. The van der Waals surface area contributed by atoms with Gasteiger partial charge in [-0.05, 0) is 38.0 Å². The highest BCUT2D eigenvalue weighted by Crippen LogP contribution is 2.22. The van der Waals surface area contributed by atoms with Crippen molar-refractivity contribution in [1.82, 2.24) is 10.3 Å². The van der Waals surface area contributed by atoms with Crippen molar-refractivity contribution in [3.63, 3.8) is 0 Å². The first-order chi connectivity index (χ1) is 16.0. The smallest absolute Gasteiger partial charge is 0.430 e. The molecule has 0 saturated carbocycles. The summed E-state index contributed by atoms with van der Waals surface area (Å²) >= 11 is 0. The van der Waals surface area contributed by atoms with Gasteiger partial charge in [0.1, 0.15) is 29.6 Å². The molecule has 0 spiro atoms. The van der Waals surface area contributed by atoms with Gasteiger partial charge in [-0.3, -0.25) is 4.79 Å². The summed E-state index contributed by atoms with van der Waals surface area (Å²) in [6.07, 6.45) is -4.64. The number of halogens is 3. The number of methoxy groups -OCH3 is 1. The number of quaternary nitrogens is 1. The number of nitrogens with two attached hydrogens (primary N) is 1. The number of carbonyl (C=O) groups is 3. The Kier molecular flexibility index (Phi) is 11.1. The van der Waals surface area contributed by atoms with E-state index in [2.05, 4.69) is 10.3 Å². The maximum absolute atomic E-state index is 12.5. The molecule has 2 aromatic rings. The molecule has 0 aliphatic heterocycles. The first-order valence-electron chi connectivity index (χ1n) is 10.4.